The van der Waals surface area contributed by atoms with Gasteiger partial charge in [-0.25, -0.2) is 9.82 Å². The Morgan fingerprint density at radius 3 is 2.74 bits per heavy atom. The van der Waals surface area contributed by atoms with Gasteiger partial charge in [0.05, 0.1) is 17.4 Å². The van der Waals surface area contributed by atoms with E-state index in [1.807, 2.05) is 37.6 Å². The van der Waals surface area contributed by atoms with E-state index in [0.717, 1.165) is 23.5 Å². The zero-order valence-electron chi connectivity index (χ0n) is 11.4. The third-order valence-corrected chi connectivity index (χ3v) is 3.16. The molecule has 1 atom stereocenters. The number of benzene rings is 1. The summed E-state index contributed by atoms with van der Waals surface area (Å²) in [6, 6.07) is 6.54. The van der Waals surface area contributed by atoms with Gasteiger partial charge < -0.3 is 0 Å². The molecule has 19 heavy (non-hydrogen) atoms. The van der Waals surface area contributed by atoms with Gasteiger partial charge in [0.1, 0.15) is 5.82 Å². The van der Waals surface area contributed by atoms with Crippen LogP contribution in [0.15, 0.2) is 24.3 Å². The highest BCUT2D eigenvalue weighted by molar-refractivity contribution is 5.33. The molecule has 0 bridgehead atoms. The third kappa shape index (κ3) is 2.67. The molecule has 4 nitrogen and oxygen atoms in total. The second-order valence-electron chi connectivity index (χ2n) is 4.65. The van der Waals surface area contributed by atoms with E-state index in [0.29, 0.717) is 5.56 Å². The van der Waals surface area contributed by atoms with E-state index in [2.05, 4.69) is 10.5 Å². The summed E-state index contributed by atoms with van der Waals surface area (Å²) in [5, 5.41) is 4.37. The van der Waals surface area contributed by atoms with Crippen LogP contribution in [-0.4, -0.2) is 9.78 Å². The molecule has 0 fully saturated rings. The zero-order chi connectivity index (χ0) is 14.0. The van der Waals surface area contributed by atoms with Crippen LogP contribution in [0.4, 0.5) is 4.39 Å². The van der Waals surface area contributed by atoms with Gasteiger partial charge in [0.15, 0.2) is 0 Å². The van der Waals surface area contributed by atoms with Crippen molar-refractivity contribution in [2.24, 2.45) is 5.84 Å². The van der Waals surface area contributed by atoms with Gasteiger partial charge in [0.25, 0.3) is 0 Å². The molecule has 0 aliphatic heterocycles. The van der Waals surface area contributed by atoms with Crippen molar-refractivity contribution in [1.29, 1.82) is 0 Å². The van der Waals surface area contributed by atoms with Gasteiger partial charge in [0, 0.05) is 12.1 Å². The number of aryl methyl sites for hydroxylation is 3. The van der Waals surface area contributed by atoms with Crippen LogP contribution < -0.4 is 11.3 Å². The smallest absolute Gasteiger partial charge is 0.128 e. The first-order valence-electron chi connectivity index (χ1n) is 6.33. The molecule has 0 saturated heterocycles. The van der Waals surface area contributed by atoms with E-state index in [-0.39, 0.29) is 5.82 Å². The first-order valence-corrected chi connectivity index (χ1v) is 6.33. The number of nitrogens with one attached hydrogen (secondary N) is 1. The maximum atomic E-state index is 14.0. The maximum Gasteiger partial charge on any atom is 0.128 e. The molecule has 0 spiro atoms. The maximum absolute atomic E-state index is 14.0. The minimum atomic E-state index is -0.402. The molecule has 0 amide bonds. The number of nitrogens with zero attached hydrogens (tertiary/aromatic N) is 2. The highest BCUT2D eigenvalue weighted by Gasteiger charge is 2.21. The molecule has 0 radical (unpaired) electrons. The summed E-state index contributed by atoms with van der Waals surface area (Å²) in [4.78, 5) is 0. The van der Waals surface area contributed by atoms with Crippen molar-refractivity contribution in [2.75, 3.05) is 0 Å². The number of hydrogen-bond donors (Lipinski definition) is 2. The quantitative estimate of drug-likeness (QED) is 0.656. The highest BCUT2D eigenvalue weighted by Crippen LogP contribution is 2.25. The lowest BCUT2D eigenvalue weighted by Gasteiger charge is -2.18. The Morgan fingerprint density at radius 1 is 1.37 bits per heavy atom. The van der Waals surface area contributed by atoms with Gasteiger partial charge in [0.2, 0.25) is 0 Å². The topological polar surface area (TPSA) is 55.9 Å². The summed E-state index contributed by atoms with van der Waals surface area (Å²) in [5.41, 5.74) is 5.99. The molecule has 3 N–H and O–H groups in total. The second-order valence-corrected chi connectivity index (χ2v) is 4.65. The van der Waals surface area contributed by atoms with Crippen molar-refractivity contribution in [3.63, 3.8) is 0 Å². The van der Waals surface area contributed by atoms with Gasteiger partial charge in [-0.3, -0.25) is 10.5 Å². The van der Waals surface area contributed by atoms with Gasteiger partial charge in [-0.05, 0) is 32.9 Å². The van der Waals surface area contributed by atoms with Crippen molar-refractivity contribution in [3.8, 4) is 0 Å². The summed E-state index contributed by atoms with van der Waals surface area (Å²) in [5.74, 6) is 5.36. The highest BCUT2D eigenvalue weighted by atomic mass is 19.1. The molecule has 1 unspecified atom stereocenters. The van der Waals surface area contributed by atoms with Crippen LogP contribution in [0.5, 0.6) is 0 Å². The van der Waals surface area contributed by atoms with Crippen LogP contribution in [0.3, 0.4) is 0 Å². The van der Waals surface area contributed by atoms with Crippen molar-refractivity contribution < 1.29 is 4.39 Å². The Kier molecular flexibility index (Phi) is 3.97. The first kappa shape index (κ1) is 13.7. The number of nitrogens with two attached hydrogens (primary N) is 1. The van der Waals surface area contributed by atoms with Gasteiger partial charge in [-0.1, -0.05) is 17.7 Å². The molecule has 1 aromatic heterocycles. The SMILES string of the molecule is CCn1nc(C)cc1C(NN)c1cc(C)ccc1F. The molecule has 1 aromatic carbocycles. The van der Waals surface area contributed by atoms with Gasteiger partial charge in [-0.2, -0.15) is 5.10 Å². The molecule has 0 aliphatic carbocycles. The first-order chi connectivity index (χ1) is 9.06. The van der Waals surface area contributed by atoms with Gasteiger partial charge in [-0.15, -0.1) is 0 Å². The lowest BCUT2D eigenvalue weighted by molar-refractivity contribution is 0.515. The largest absolute Gasteiger partial charge is 0.271 e. The predicted octanol–water partition coefficient (Wildman–Crippen LogP) is 2.21. The van der Waals surface area contributed by atoms with Crippen LogP contribution in [-0.2, 0) is 6.54 Å². The van der Waals surface area contributed by atoms with Crippen molar-refractivity contribution in [1.82, 2.24) is 15.2 Å². The number of hydrogen-bond acceptors (Lipinski definition) is 3. The standard InChI is InChI=1S/C14H19FN4/c1-4-19-13(8-10(3)18-19)14(17-16)11-7-9(2)5-6-12(11)15/h5-8,14,17H,4,16H2,1-3H3. The van der Waals surface area contributed by atoms with E-state index in [4.69, 9.17) is 5.84 Å². The molecular formula is C14H19FN4. The van der Waals surface area contributed by atoms with Crippen LogP contribution in [0.2, 0.25) is 0 Å². The molecule has 102 valence electrons. The summed E-state index contributed by atoms with van der Waals surface area (Å²) < 4.78 is 15.8. The average Bonchev–Trinajstić information content (AvgIpc) is 2.76. The van der Waals surface area contributed by atoms with Crippen LogP contribution in [0, 0.1) is 19.7 Å². The van der Waals surface area contributed by atoms with E-state index >= 15 is 0 Å². The fraction of sp³-hybridized carbons (Fsp3) is 0.357. The minimum Gasteiger partial charge on any atom is -0.271 e. The van der Waals surface area contributed by atoms with Crippen molar-refractivity contribution in [3.05, 3.63) is 52.6 Å². The zero-order valence-corrected chi connectivity index (χ0v) is 11.4. The number of rotatable bonds is 4. The molecule has 0 aliphatic rings. The summed E-state index contributed by atoms with van der Waals surface area (Å²) in [7, 11) is 0. The Hall–Kier alpha value is -1.72. The molecule has 2 rings (SSSR count). The lowest BCUT2D eigenvalue weighted by atomic mass is 10.0. The Labute approximate surface area is 112 Å². The van der Waals surface area contributed by atoms with E-state index in [1.165, 1.54) is 6.07 Å². The molecule has 0 saturated carbocycles. The summed E-state index contributed by atoms with van der Waals surface area (Å²) >= 11 is 0. The Morgan fingerprint density at radius 2 is 2.11 bits per heavy atom. The monoisotopic (exact) mass is 262 g/mol. The number of hydrazine groups is 1. The van der Waals surface area contributed by atoms with Gasteiger partial charge >= 0.3 is 0 Å². The van der Waals surface area contributed by atoms with E-state index in [1.54, 1.807) is 6.07 Å². The molecular weight excluding hydrogens is 243 g/mol. The van der Waals surface area contributed by atoms with E-state index in [9.17, 15) is 4.39 Å². The van der Waals surface area contributed by atoms with Crippen molar-refractivity contribution in [2.45, 2.75) is 33.4 Å². The second kappa shape index (κ2) is 5.50. The van der Waals surface area contributed by atoms with E-state index < -0.39 is 6.04 Å². The molecule has 5 heteroatoms. The lowest BCUT2D eigenvalue weighted by Crippen LogP contribution is -2.31. The fourth-order valence-electron chi connectivity index (χ4n) is 2.27. The number of halogens is 1. The summed E-state index contributed by atoms with van der Waals surface area (Å²) in [6.07, 6.45) is 0. The molecule has 1 heterocycles. The number of aromatic nitrogens is 2. The Balaban J connectivity index is 2.52. The van der Waals surface area contributed by atoms with Crippen LogP contribution in [0.1, 0.15) is 35.5 Å². The fourth-order valence-corrected chi connectivity index (χ4v) is 2.27. The van der Waals surface area contributed by atoms with Crippen LogP contribution in [0.25, 0.3) is 0 Å². The van der Waals surface area contributed by atoms with Crippen molar-refractivity contribution >= 4 is 0 Å². The minimum absolute atomic E-state index is 0.268. The third-order valence-electron chi connectivity index (χ3n) is 3.16. The van der Waals surface area contributed by atoms with Crippen LogP contribution >= 0.6 is 0 Å². The normalized spacial score (nSPS) is 12.7. The summed E-state index contributed by atoms with van der Waals surface area (Å²) in [6.45, 7) is 6.56. The molecule has 2 aromatic rings. The average molecular weight is 262 g/mol. The predicted molar refractivity (Wildman–Crippen MR) is 72.9 cm³/mol. The Bertz CT molecular complexity index is 577.